The van der Waals surface area contributed by atoms with Crippen LogP contribution in [0.15, 0.2) is 12.1 Å². The standard InChI is InChI=1S/C13H18N4O2/c1-19-11-5-4-9(14)12(16-11)17-6-2-3-8-10(17)7-15-13(8)18/h4-5,8,10H,2-3,6-7,14H2,1H3,(H,15,18). The van der Waals surface area contributed by atoms with E-state index < -0.39 is 0 Å². The number of nitrogens with one attached hydrogen (secondary N) is 1. The smallest absolute Gasteiger partial charge is 0.225 e. The lowest BCUT2D eigenvalue weighted by atomic mass is 9.91. The zero-order valence-electron chi connectivity index (χ0n) is 10.9. The molecule has 0 bridgehead atoms. The summed E-state index contributed by atoms with van der Waals surface area (Å²) in [5.74, 6) is 1.48. The largest absolute Gasteiger partial charge is 0.481 e. The molecule has 0 spiro atoms. The molecule has 0 aliphatic carbocycles. The van der Waals surface area contributed by atoms with Gasteiger partial charge in [-0.1, -0.05) is 0 Å². The van der Waals surface area contributed by atoms with Gasteiger partial charge in [0, 0.05) is 19.2 Å². The van der Waals surface area contributed by atoms with Gasteiger partial charge in [0.25, 0.3) is 0 Å². The summed E-state index contributed by atoms with van der Waals surface area (Å²) in [5, 5.41) is 2.93. The number of carbonyl (C=O) groups excluding carboxylic acids is 1. The molecule has 1 aromatic rings. The maximum Gasteiger partial charge on any atom is 0.225 e. The number of nitrogen functional groups attached to an aromatic ring is 1. The molecular formula is C13H18N4O2. The van der Waals surface area contributed by atoms with Gasteiger partial charge in [0.15, 0.2) is 5.82 Å². The molecule has 2 saturated heterocycles. The van der Waals surface area contributed by atoms with E-state index in [4.69, 9.17) is 10.5 Å². The van der Waals surface area contributed by atoms with Gasteiger partial charge < -0.3 is 20.7 Å². The summed E-state index contributed by atoms with van der Waals surface area (Å²) in [6.45, 7) is 1.54. The van der Waals surface area contributed by atoms with Crippen LogP contribution in [0.1, 0.15) is 12.8 Å². The van der Waals surface area contributed by atoms with E-state index in [-0.39, 0.29) is 17.9 Å². The Morgan fingerprint density at radius 1 is 1.53 bits per heavy atom. The average Bonchev–Trinajstić information content (AvgIpc) is 2.81. The van der Waals surface area contributed by atoms with Crippen LogP contribution in [0.3, 0.4) is 0 Å². The number of anilines is 2. The number of amides is 1. The molecule has 3 rings (SSSR count). The molecule has 0 radical (unpaired) electrons. The highest BCUT2D eigenvalue weighted by molar-refractivity contribution is 5.83. The first-order valence-electron chi connectivity index (χ1n) is 6.55. The third-order valence-corrected chi connectivity index (χ3v) is 3.96. The van der Waals surface area contributed by atoms with Crippen molar-refractivity contribution in [3.63, 3.8) is 0 Å². The van der Waals surface area contributed by atoms with Crippen LogP contribution >= 0.6 is 0 Å². The van der Waals surface area contributed by atoms with Gasteiger partial charge in [-0.3, -0.25) is 4.79 Å². The fourth-order valence-electron chi connectivity index (χ4n) is 3.00. The number of piperidine rings is 1. The number of methoxy groups -OCH3 is 1. The Kier molecular flexibility index (Phi) is 2.93. The molecule has 0 saturated carbocycles. The molecule has 102 valence electrons. The van der Waals surface area contributed by atoms with Gasteiger partial charge in [-0.05, 0) is 18.9 Å². The van der Waals surface area contributed by atoms with Crippen LogP contribution in [-0.4, -0.2) is 37.1 Å². The van der Waals surface area contributed by atoms with E-state index in [1.165, 1.54) is 0 Å². The summed E-state index contributed by atoms with van der Waals surface area (Å²) in [6, 6.07) is 3.70. The SMILES string of the molecule is COc1ccc(N)c(N2CCCC3C(=O)NCC32)n1. The van der Waals surface area contributed by atoms with Crippen molar-refractivity contribution in [3.05, 3.63) is 12.1 Å². The van der Waals surface area contributed by atoms with Gasteiger partial charge in [0.2, 0.25) is 11.8 Å². The third kappa shape index (κ3) is 1.97. The van der Waals surface area contributed by atoms with Gasteiger partial charge in [0.05, 0.1) is 24.8 Å². The van der Waals surface area contributed by atoms with E-state index in [0.717, 1.165) is 25.2 Å². The van der Waals surface area contributed by atoms with E-state index in [2.05, 4.69) is 15.2 Å². The molecule has 2 fully saturated rings. The number of pyridine rings is 1. The Balaban J connectivity index is 1.94. The maximum atomic E-state index is 11.8. The first-order chi connectivity index (χ1) is 9.20. The summed E-state index contributed by atoms with van der Waals surface area (Å²) in [7, 11) is 1.59. The highest BCUT2D eigenvalue weighted by atomic mass is 16.5. The number of rotatable bonds is 2. The number of fused-ring (bicyclic) bond motifs is 1. The second kappa shape index (κ2) is 4.60. The van der Waals surface area contributed by atoms with Crippen LogP contribution in [-0.2, 0) is 4.79 Å². The molecule has 1 aromatic heterocycles. The summed E-state index contributed by atoms with van der Waals surface area (Å²) in [4.78, 5) is 18.4. The van der Waals surface area contributed by atoms with E-state index in [1.54, 1.807) is 19.2 Å². The fourth-order valence-corrected chi connectivity index (χ4v) is 3.00. The first kappa shape index (κ1) is 12.1. The lowest BCUT2D eigenvalue weighted by molar-refractivity contribution is -0.122. The van der Waals surface area contributed by atoms with Gasteiger partial charge in [-0.25, -0.2) is 0 Å². The Bertz CT molecular complexity index is 505. The van der Waals surface area contributed by atoms with Crippen molar-refractivity contribution in [2.75, 3.05) is 30.8 Å². The number of nitrogens with two attached hydrogens (primary N) is 1. The molecule has 0 aromatic carbocycles. The number of ether oxygens (including phenoxy) is 1. The lowest BCUT2D eigenvalue weighted by Crippen LogP contribution is -2.46. The van der Waals surface area contributed by atoms with Gasteiger partial charge >= 0.3 is 0 Å². The summed E-state index contributed by atoms with van der Waals surface area (Å²) >= 11 is 0. The first-order valence-corrected chi connectivity index (χ1v) is 6.55. The number of hydrogen-bond donors (Lipinski definition) is 2. The van der Waals surface area contributed by atoms with E-state index >= 15 is 0 Å². The van der Waals surface area contributed by atoms with Gasteiger partial charge in [0.1, 0.15) is 0 Å². The predicted molar refractivity (Wildman–Crippen MR) is 72.1 cm³/mol. The van der Waals surface area contributed by atoms with Crippen molar-refractivity contribution >= 4 is 17.4 Å². The number of hydrogen-bond acceptors (Lipinski definition) is 5. The minimum atomic E-state index is 0.0566. The second-order valence-electron chi connectivity index (χ2n) is 5.02. The summed E-state index contributed by atoms with van der Waals surface area (Å²) in [6.07, 6.45) is 1.92. The number of carbonyl (C=O) groups is 1. The molecule has 19 heavy (non-hydrogen) atoms. The van der Waals surface area contributed by atoms with Crippen LogP contribution in [0, 0.1) is 5.92 Å². The van der Waals surface area contributed by atoms with Crippen molar-refractivity contribution in [2.24, 2.45) is 5.92 Å². The highest BCUT2D eigenvalue weighted by Gasteiger charge is 2.41. The van der Waals surface area contributed by atoms with Crippen molar-refractivity contribution in [2.45, 2.75) is 18.9 Å². The van der Waals surface area contributed by atoms with Crippen LogP contribution in [0.4, 0.5) is 11.5 Å². The van der Waals surface area contributed by atoms with Crippen molar-refractivity contribution < 1.29 is 9.53 Å². The number of nitrogens with zero attached hydrogens (tertiary/aromatic N) is 2. The molecule has 2 atom stereocenters. The zero-order chi connectivity index (χ0) is 13.4. The monoisotopic (exact) mass is 262 g/mol. The molecule has 2 aliphatic rings. The molecular weight excluding hydrogens is 244 g/mol. The van der Waals surface area contributed by atoms with Gasteiger partial charge in [-0.2, -0.15) is 4.98 Å². The third-order valence-electron chi connectivity index (χ3n) is 3.96. The minimum Gasteiger partial charge on any atom is -0.481 e. The van der Waals surface area contributed by atoms with Crippen molar-refractivity contribution in [1.82, 2.24) is 10.3 Å². The Hall–Kier alpha value is -1.98. The van der Waals surface area contributed by atoms with Crippen molar-refractivity contribution in [3.8, 4) is 5.88 Å². The lowest BCUT2D eigenvalue weighted by Gasteiger charge is -2.37. The Morgan fingerprint density at radius 2 is 2.37 bits per heavy atom. The van der Waals surface area contributed by atoms with Crippen LogP contribution in [0.5, 0.6) is 5.88 Å². The summed E-state index contributed by atoms with van der Waals surface area (Å²) in [5.41, 5.74) is 6.65. The quantitative estimate of drug-likeness (QED) is 0.805. The molecule has 3 N–H and O–H groups in total. The Labute approximate surface area is 111 Å². The van der Waals surface area contributed by atoms with Crippen LogP contribution in [0.25, 0.3) is 0 Å². The normalized spacial score (nSPS) is 25.9. The van der Waals surface area contributed by atoms with E-state index in [9.17, 15) is 4.79 Å². The maximum absolute atomic E-state index is 11.8. The average molecular weight is 262 g/mol. The van der Waals surface area contributed by atoms with Crippen LogP contribution in [0.2, 0.25) is 0 Å². The topological polar surface area (TPSA) is 80.5 Å². The second-order valence-corrected chi connectivity index (χ2v) is 5.02. The fraction of sp³-hybridized carbons (Fsp3) is 0.538. The molecule has 2 unspecified atom stereocenters. The van der Waals surface area contributed by atoms with Crippen LogP contribution < -0.4 is 20.7 Å². The molecule has 2 aliphatic heterocycles. The molecule has 3 heterocycles. The molecule has 1 amide bonds. The van der Waals surface area contributed by atoms with E-state index in [1.807, 2.05) is 0 Å². The molecule has 6 heteroatoms. The minimum absolute atomic E-state index is 0.0566. The highest BCUT2D eigenvalue weighted by Crippen LogP contribution is 2.34. The van der Waals surface area contributed by atoms with E-state index in [0.29, 0.717) is 18.1 Å². The summed E-state index contributed by atoms with van der Waals surface area (Å²) < 4.78 is 5.16. The number of aromatic nitrogens is 1. The van der Waals surface area contributed by atoms with Gasteiger partial charge in [-0.15, -0.1) is 0 Å². The Morgan fingerprint density at radius 3 is 3.16 bits per heavy atom. The molecule has 6 nitrogen and oxygen atoms in total. The predicted octanol–water partition coefficient (Wildman–Crippen LogP) is 0.387. The van der Waals surface area contributed by atoms with Crippen molar-refractivity contribution in [1.29, 1.82) is 0 Å². The zero-order valence-corrected chi connectivity index (χ0v) is 10.9.